The van der Waals surface area contributed by atoms with Crippen molar-refractivity contribution in [2.75, 3.05) is 0 Å². The summed E-state index contributed by atoms with van der Waals surface area (Å²) >= 11 is 0. The van der Waals surface area contributed by atoms with Crippen LogP contribution in [0, 0.1) is 10.1 Å². The van der Waals surface area contributed by atoms with Crippen LogP contribution in [-0.2, 0) is 0 Å². The van der Waals surface area contributed by atoms with Crippen LogP contribution in [0.3, 0.4) is 0 Å². The van der Waals surface area contributed by atoms with Crippen molar-refractivity contribution in [3.05, 3.63) is 60.9 Å². The average Bonchev–Trinajstić information content (AvgIpc) is 2.46. The highest BCUT2D eigenvalue weighted by Gasteiger charge is 2.19. The maximum atomic E-state index is 11.4. The molecule has 0 fully saturated rings. The third-order valence-corrected chi connectivity index (χ3v) is 3.12. The second-order valence-corrected chi connectivity index (χ2v) is 4.34. The average molecular weight is 289 g/mol. The fourth-order valence-corrected chi connectivity index (χ4v) is 2.11. The Morgan fingerprint density at radius 3 is 1.95 bits per heavy atom. The van der Waals surface area contributed by atoms with Crippen LogP contribution < -0.4 is 10.9 Å². The topological polar surface area (TPSA) is 128 Å². The summed E-state index contributed by atoms with van der Waals surface area (Å²) in [6.45, 7) is 0. The highest BCUT2D eigenvalue weighted by atomic mass is 16.6. The van der Waals surface area contributed by atoms with Crippen molar-refractivity contribution in [3.8, 4) is 11.4 Å². The van der Waals surface area contributed by atoms with Crippen LogP contribution in [0.2, 0.25) is 0 Å². The van der Waals surface area contributed by atoms with E-state index in [9.17, 15) is 30.1 Å². The summed E-state index contributed by atoms with van der Waals surface area (Å²) in [5, 5.41) is 30.9. The van der Waals surface area contributed by atoms with Gasteiger partial charge in [-0.15, -0.1) is 0 Å². The number of hydrogen-bond acceptors (Lipinski definition) is 6. The molecule has 0 saturated heterocycles. The van der Waals surface area contributed by atoms with Crippen molar-refractivity contribution in [2.45, 2.75) is 0 Å². The van der Waals surface area contributed by atoms with E-state index in [1.807, 2.05) is 0 Å². The number of rotatable bonds is 1. The number of benzene rings is 2. The number of fused-ring (bicyclic) bond motifs is 2. The molecular weight excluding hydrogens is 282 g/mol. The summed E-state index contributed by atoms with van der Waals surface area (Å²) in [5.74, 6) is 0. The smallest absolute Gasteiger partial charge is 0.271 e. The lowest BCUT2D eigenvalue weighted by Crippen LogP contribution is -2.26. The van der Waals surface area contributed by atoms with E-state index in [1.165, 1.54) is 6.07 Å². The SMILES string of the molecule is O=c1cc2n(O)c3ccc([N+](=O)[O-])cc3n(O)c-2cc1=O. The van der Waals surface area contributed by atoms with Gasteiger partial charge in [0.15, 0.2) is 0 Å². The van der Waals surface area contributed by atoms with Crippen molar-refractivity contribution in [3.63, 3.8) is 0 Å². The Morgan fingerprint density at radius 1 is 0.905 bits per heavy atom. The zero-order valence-electron chi connectivity index (χ0n) is 10.3. The first kappa shape index (κ1) is 12.7. The number of nitrogens with zero attached hydrogens (tertiary/aromatic N) is 3. The summed E-state index contributed by atoms with van der Waals surface area (Å²) in [6, 6.07) is 5.13. The normalized spacial score (nSPS) is 11.0. The standard InChI is InChI=1S/C12H7N3O6/c16-11-4-9-10(5-12(11)17)14(19)8-3-6(15(20)21)1-2-7(8)13(9)18/h1-5,18-19H. The molecule has 1 aromatic rings. The van der Waals surface area contributed by atoms with Gasteiger partial charge in [0, 0.05) is 24.3 Å². The van der Waals surface area contributed by atoms with Gasteiger partial charge in [0.1, 0.15) is 22.4 Å². The maximum absolute atomic E-state index is 11.4. The van der Waals surface area contributed by atoms with Crippen LogP contribution >= 0.6 is 0 Å². The van der Waals surface area contributed by atoms with Crippen LogP contribution in [0.4, 0.5) is 5.69 Å². The molecule has 2 aliphatic rings. The van der Waals surface area contributed by atoms with Crippen LogP contribution in [-0.4, -0.2) is 24.8 Å². The molecule has 3 rings (SSSR count). The van der Waals surface area contributed by atoms with E-state index in [-0.39, 0.29) is 28.1 Å². The van der Waals surface area contributed by atoms with E-state index in [4.69, 9.17) is 0 Å². The molecule has 1 aliphatic heterocycles. The van der Waals surface area contributed by atoms with Crippen molar-refractivity contribution in [1.29, 1.82) is 0 Å². The van der Waals surface area contributed by atoms with Crippen LogP contribution in [0.1, 0.15) is 0 Å². The quantitative estimate of drug-likeness (QED) is 0.222. The minimum absolute atomic E-state index is 0.0358. The largest absolute Gasteiger partial charge is 0.428 e. The van der Waals surface area contributed by atoms with Gasteiger partial charge in [0.2, 0.25) is 10.9 Å². The summed E-state index contributed by atoms with van der Waals surface area (Å²) in [7, 11) is 0. The van der Waals surface area contributed by atoms with Crippen molar-refractivity contribution in [1.82, 2.24) is 9.46 Å². The molecule has 0 spiro atoms. The molecule has 0 bridgehead atoms. The van der Waals surface area contributed by atoms with E-state index >= 15 is 0 Å². The first-order chi connectivity index (χ1) is 9.90. The Bertz CT molecular complexity index is 987. The molecule has 9 nitrogen and oxygen atoms in total. The highest BCUT2D eigenvalue weighted by molar-refractivity contribution is 5.82. The molecule has 0 aromatic heterocycles. The third-order valence-electron chi connectivity index (χ3n) is 3.12. The van der Waals surface area contributed by atoms with E-state index in [0.717, 1.165) is 24.3 Å². The van der Waals surface area contributed by atoms with Gasteiger partial charge in [-0.2, -0.15) is 9.46 Å². The molecule has 21 heavy (non-hydrogen) atoms. The summed E-state index contributed by atoms with van der Waals surface area (Å²) < 4.78 is 1.10. The van der Waals surface area contributed by atoms with E-state index < -0.39 is 15.8 Å². The second kappa shape index (κ2) is 4.07. The molecule has 1 heterocycles. The van der Waals surface area contributed by atoms with Crippen molar-refractivity contribution < 1.29 is 15.3 Å². The predicted molar refractivity (Wildman–Crippen MR) is 70.1 cm³/mol. The number of aromatic nitrogens is 2. The van der Waals surface area contributed by atoms with Gasteiger partial charge < -0.3 is 10.4 Å². The van der Waals surface area contributed by atoms with Crippen LogP contribution in [0.25, 0.3) is 22.4 Å². The van der Waals surface area contributed by atoms with E-state index in [1.54, 1.807) is 0 Å². The molecule has 0 radical (unpaired) electrons. The van der Waals surface area contributed by atoms with Crippen molar-refractivity contribution in [2.24, 2.45) is 0 Å². The van der Waals surface area contributed by atoms with Crippen molar-refractivity contribution >= 4 is 16.7 Å². The molecule has 0 unspecified atom stereocenters. The number of non-ortho nitro benzene ring substituents is 1. The minimum Gasteiger partial charge on any atom is -0.428 e. The third kappa shape index (κ3) is 1.71. The fourth-order valence-electron chi connectivity index (χ4n) is 2.11. The number of hydrogen-bond donors (Lipinski definition) is 2. The number of nitro benzene ring substituents is 1. The van der Waals surface area contributed by atoms with Crippen LogP contribution in [0.15, 0.2) is 39.9 Å². The van der Waals surface area contributed by atoms with E-state index in [2.05, 4.69) is 0 Å². The Balaban J connectivity index is 2.56. The van der Waals surface area contributed by atoms with Gasteiger partial charge in [-0.25, -0.2) is 0 Å². The molecule has 0 atom stereocenters. The molecular formula is C12H7N3O6. The first-order valence-electron chi connectivity index (χ1n) is 5.68. The Kier molecular flexibility index (Phi) is 2.45. The van der Waals surface area contributed by atoms with Gasteiger partial charge in [0.05, 0.1) is 4.92 Å². The lowest BCUT2D eigenvalue weighted by molar-refractivity contribution is -0.384. The Labute approximate surface area is 114 Å². The predicted octanol–water partition coefficient (Wildman–Crippen LogP) is 0.651. The molecule has 106 valence electrons. The summed E-state index contributed by atoms with van der Waals surface area (Å²) in [4.78, 5) is 32.8. The zero-order valence-corrected chi connectivity index (χ0v) is 10.3. The number of nitro groups is 1. The molecule has 0 amide bonds. The van der Waals surface area contributed by atoms with Gasteiger partial charge in [-0.3, -0.25) is 19.7 Å². The fraction of sp³-hybridized carbons (Fsp3) is 0. The van der Waals surface area contributed by atoms with Gasteiger partial charge >= 0.3 is 0 Å². The molecule has 1 aliphatic carbocycles. The monoisotopic (exact) mass is 289 g/mol. The van der Waals surface area contributed by atoms with E-state index in [0.29, 0.717) is 9.46 Å². The lowest BCUT2D eigenvalue weighted by Gasteiger charge is -2.16. The van der Waals surface area contributed by atoms with Crippen LogP contribution in [0.5, 0.6) is 0 Å². The zero-order chi connectivity index (χ0) is 15.3. The van der Waals surface area contributed by atoms with Gasteiger partial charge in [0.25, 0.3) is 5.69 Å². The Morgan fingerprint density at radius 2 is 1.43 bits per heavy atom. The summed E-state index contributed by atoms with van der Waals surface area (Å²) in [5.41, 5.74) is -2.29. The summed E-state index contributed by atoms with van der Waals surface area (Å²) in [6.07, 6.45) is 0. The minimum atomic E-state index is -0.866. The highest BCUT2D eigenvalue weighted by Crippen LogP contribution is 2.27. The molecule has 9 heteroatoms. The lowest BCUT2D eigenvalue weighted by atomic mass is 10.1. The second-order valence-electron chi connectivity index (χ2n) is 4.34. The maximum Gasteiger partial charge on any atom is 0.271 e. The molecule has 2 N–H and O–H groups in total. The van der Waals surface area contributed by atoms with Gasteiger partial charge in [-0.1, -0.05) is 0 Å². The van der Waals surface area contributed by atoms with Gasteiger partial charge in [-0.05, 0) is 6.07 Å². The Hall–Kier alpha value is -3.36. The molecule has 0 saturated carbocycles. The first-order valence-corrected chi connectivity index (χ1v) is 5.68. The molecule has 1 aromatic carbocycles.